The van der Waals surface area contributed by atoms with Gasteiger partial charge in [0.15, 0.2) is 0 Å². The smallest absolute Gasteiger partial charge is 0.247 e. The molecule has 1 fully saturated rings. The first-order valence-electron chi connectivity index (χ1n) is 6.11. The Bertz CT molecular complexity index is 562. The van der Waals surface area contributed by atoms with Crippen LogP contribution in [0.1, 0.15) is 19.4 Å². The fraction of sp³-hybridized carbons (Fsp3) is 0.429. The predicted octanol–water partition coefficient (Wildman–Crippen LogP) is 2.38. The molecule has 1 aliphatic rings. The number of benzene rings is 1. The largest absolute Gasteiger partial charge is 0.355 e. The van der Waals surface area contributed by atoms with Crippen molar-refractivity contribution in [3.05, 3.63) is 28.2 Å². The van der Waals surface area contributed by atoms with E-state index in [1.165, 1.54) is 0 Å². The summed E-state index contributed by atoms with van der Waals surface area (Å²) in [6, 6.07) is 7.78. The molecule has 1 aromatic rings. The number of piperazine rings is 1. The Kier molecular flexibility index (Phi) is 3.55. The topological polar surface area (TPSA) is 47.3 Å². The number of anilines is 1. The summed E-state index contributed by atoms with van der Waals surface area (Å²) in [4.78, 5) is 16.0. The van der Waals surface area contributed by atoms with Gasteiger partial charge in [0, 0.05) is 24.6 Å². The van der Waals surface area contributed by atoms with Crippen molar-refractivity contribution in [1.82, 2.24) is 4.90 Å². The highest BCUT2D eigenvalue weighted by atomic mass is 79.9. The summed E-state index contributed by atoms with van der Waals surface area (Å²) in [7, 11) is 1.81. The van der Waals surface area contributed by atoms with Crippen LogP contribution in [-0.4, -0.2) is 36.5 Å². The van der Waals surface area contributed by atoms with Gasteiger partial charge < -0.3 is 9.80 Å². The standard InChI is InChI=1S/C14H16BrN3O/c1-14(2)13(19)17(3)6-7-18(14)12-5-4-11(15)8-10(12)9-16/h4-5,8H,6-7H2,1-3H3. The molecule has 0 atom stereocenters. The molecule has 0 aromatic heterocycles. The number of hydrogen-bond acceptors (Lipinski definition) is 3. The van der Waals surface area contributed by atoms with E-state index in [4.69, 9.17) is 0 Å². The molecule has 4 nitrogen and oxygen atoms in total. The van der Waals surface area contributed by atoms with Crippen LogP contribution in [0.15, 0.2) is 22.7 Å². The van der Waals surface area contributed by atoms with E-state index in [2.05, 4.69) is 22.0 Å². The molecule has 5 heteroatoms. The average molecular weight is 322 g/mol. The lowest BCUT2D eigenvalue weighted by molar-refractivity contribution is -0.136. The Morgan fingerprint density at radius 3 is 2.68 bits per heavy atom. The zero-order chi connectivity index (χ0) is 14.2. The molecule has 0 unspecified atom stereocenters. The summed E-state index contributed by atoms with van der Waals surface area (Å²) >= 11 is 3.37. The van der Waals surface area contributed by atoms with Crippen molar-refractivity contribution in [2.24, 2.45) is 0 Å². The molecule has 0 saturated carbocycles. The highest BCUT2D eigenvalue weighted by molar-refractivity contribution is 9.10. The molecule has 0 bridgehead atoms. The summed E-state index contributed by atoms with van der Waals surface area (Å²) in [5.74, 6) is 0.0746. The van der Waals surface area contributed by atoms with E-state index in [1.807, 2.05) is 37.9 Å². The molecule has 1 saturated heterocycles. The highest BCUT2D eigenvalue weighted by Crippen LogP contribution is 2.32. The minimum Gasteiger partial charge on any atom is -0.355 e. The quantitative estimate of drug-likeness (QED) is 0.797. The van der Waals surface area contributed by atoms with Gasteiger partial charge in [-0.25, -0.2) is 0 Å². The summed E-state index contributed by atoms with van der Waals surface area (Å²) in [5, 5.41) is 9.27. The van der Waals surface area contributed by atoms with Crippen LogP contribution >= 0.6 is 15.9 Å². The third-order valence-electron chi connectivity index (χ3n) is 3.57. The van der Waals surface area contributed by atoms with Gasteiger partial charge >= 0.3 is 0 Å². The second-order valence-electron chi connectivity index (χ2n) is 5.21. The van der Waals surface area contributed by atoms with E-state index in [0.717, 1.165) is 16.7 Å². The van der Waals surface area contributed by atoms with Crippen LogP contribution in [0.5, 0.6) is 0 Å². The molecular weight excluding hydrogens is 306 g/mol. The van der Waals surface area contributed by atoms with Gasteiger partial charge in [0.1, 0.15) is 11.6 Å². The molecular formula is C14H16BrN3O. The zero-order valence-corrected chi connectivity index (χ0v) is 12.9. The second kappa shape index (κ2) is 4.86. The molecule has 1 aromatic carbocycles. The monoisotopic (exact) mass is 321 g/mol. The van der Waals surface area contributed by atoms with Crippen LogP contribution in [0.3, 0.4) is 0 Å². The van der Waals surface area contributed by atoms with Crippen LogP contribution in [-0.2, 0) is 4.79 Å². The zero-order valence-electron chi connectivity index (χ0n) is 11.3. The van der Waals surface area contributed by atoms with Gasteiger partial charge in [0.2, 0.25) is 5.91 Å². The highest BCUT2D eigenvalue weighted by Gasteiger charge is 2.41. The van der Waals surface area contributed by atoms with E-state index in [9.17, 15) is 10.1 Å². The predicted molar refractivity (Wildman–Crippen MR) is 77.9 cm³/mol. The first kappa shape index (κ1) is 13.9. The number of likely N-dealkylation sites (N-methyl/N-ethyl adjacent to an activating group) is 1. The number of rotatable bonds is 1. The number of amides is 1. The third kappa shape index (κ3) is 2.33. The Morgan fingerprint density at radius 1 is 1.37 bits per heavy atom. The van der Waals surface area contributed by atoms with Crippen molar-refractivity contribution in [1.29, 1.82) is 5.26 Å². The van der Waals surface area contributed by atoms with Crippen LogP contribution in [0.4, 0.5) is 5.69 Å². The van der Waals surface area contributed by atoms with Crippen LogP contribution < -0.4 is 4.90 Å². The number of nitriles is 1. The van der Waals surface area contributed by atoms with E-state index in [0.29, 0.717) is 12.1 Å². The minimum absolute atomic E-state index is 0.0746. The van der Waals surface area contributed by atoms with Gasteiger partial charge in [-0.15, -0.1) is 0 Å². The second-order valence-corrected chi connectivity index (χ2v) is 6.13. The molecule has 0 N–H and O–H groups in total. The van der Waals surface area contributed by atoms with Crippen LogP contribution in [0.2, 0.25) is 0 Å². The first-order valence-corrected chi connectivity index (χ1v) is 6.90. The Balaban J connectivity index is 2.48. The third-order valence-corrected chi connectivity index (χ3v) is 4.07. The number of carbonyl (C=O) groups is 1. The summed E-state index contributed by atoms with van der Waals surface area (Å²) in [6.07, 6.45) is 0. The van der Waals surface area contributed by atoms with E-state index < -0.39 is 5.54 Å². The molecule has 2 rings (SSSR count). The lowest BCUT2D eigenvalue weighted by atomic mass is 9.96. The van der Waals surface area contributed by atoms with Gasteiger partial charge in [-0.1, -0.05) is 15.9 Å². The van der Waals surface area contributed by atoms with Gasteiger partial charge in [0.25, 0.3) is 0 Å². The van der Waals surface area contributed by atoms with Gasteiger partial charge in [0.05, 0.1) is 11.3 Å². The van der Waals surface area contributed by atoms with Crippen molar-refractivity contribution < 1.29 is 4.79 Å². The minimum atomic E-state index is -0.633. The lowest BCUT2D eigenvalue weighted by Crippen LogP contribution is -2.62. The summed E-state index contributed by atoms with van der Waals surface area (Å²) in [6.45, 7) is 5.19. The number of carbonyl (C=O) groups excluding carboxylic acids is 1. The lowest BCUT2D eigenvalue weighted by Gasteiger charge is -2.46. The molecule has 100 valence electrons. The van der Waals surface area contributed by atoms with E-state index >= 15 is 0 Å². The molecule has 19 heavy (non-hydrogen) atoms. The van der Waals surface area contributed by atoms with Crippen molar-refractivity contribution in [3.63, 3.8) is 0 Å². The van der Waals surface area contributed by atoms with Crippen LogP contribution in [0.25, 0.3) is 0 Å². The first-order chi connectivity index (χ1) is 8.87. The Hall–Kier alpha value is -1.54. The summed E-state index contributed by atoms with van der Waals surface area (Å²) < 4.78 is 0.867. The normalized spacial score (nSPS) is 18.4. The van der Waals surface area contributed by atoms with E-state index in [-0.39, 0.29) is 5.91 Å². The summed E-state index contributed by atoms with van der Waals surface area (Å²) in [5.41, 5.74) is 0.767. The van der Waals surface area contributed by atoms with Crippen molar-refractivity contribution in [2.75, 3.05) is 25.0 Å². The molecule has 1 heterocycles. The van der Waals surface area contributed by atoms with Crippen molar-refractivity contribution >= 4 is 27.5 Å². The van der Waals surface area contributed by atoms with Crippen molar-refractivity contribution in [2.45, 2.75) is 19.4 Å². The molecule has 0 radical (unpaired) electrons. The van der Waals surface area contributed by atoms with Gasteiger partial charge in [-0.2, -0.15) is 5.26 Å². The molecule has 0 aliphatic carbocycles. The fourth-order valence-electron chi connectivity index (χ4n) is 2.47. The van der Waals surface area contributed by atoms with Gasteiger partial charge in [-0.05, 0) is 32.0 Å². The average Bonchev–Trinajstić information content (AvgIpc) is 2.37. The number of hydrogen-bond donors (Lipinski definition) is 0. The van der Waals surface area contributed by atoms with Crippen molar-refractivity contribution in [3.8, 4) is 6.07 Å². The maximum absolute atomic E-state index is 12.3. The maximum atomic E-state index is 12.3. The molecule has 0 spiro atoms. The number of nitrogens with zero attached hydrogens (tertiary/aromatic N) is 3. The maximum Gasteiger partial charge on any atom is 0.247 e. The Labute approximate surface area is 121 Å². The van der Waals surface area contributed by atoms with Gasteiger partial charge in [-0.3, -0.25) is 4.79 Å². The fourth-order valence-corrected chi connectivity index (χ4v) is 2.83. The Morgan fingerprint density at radius 2 is 2.05 bits per heavy atom. The SMILES string of the molecule is CN1CCN(c2ccc(Br)cc2C#N)C(C)(C)C1=O. The van der Waals surface area contributed by atoms with E-state index in [1.54, 1.807) is 11.0 Å². The number of halogens is 1. The molecule has 1 amide bonds. The molecule has 1 aliphatic heterocycles. The van der Waals surface area contributed by atoms with Crippen LogP contribution in [0, 0.1) is 11.3 Å².